The number of nitrogens with one attached hydrogen (secondary N) is 1. The number of sulfonamides is 1. The summed E-state index contributed by atoms with van der Waals surface area (Å²) in [5, 5.41) is 17.1. The molecular weight excluding hydrogens is 228 g/mol. The van der Waals surface area contributed by atoms with Gasteiger partial charge in [-0.3, -0.25) is 0 Å². The Bertz CT molecular complexity index is 319. The van der Waals surface area contributed by atoms with Crippen molar-refractivity contribution in [2.75, 3.05) is 12.4 Å². The van der Waals surface area contributed by atoms with Gasteiger partial charge in [-0.25, -0.2) is 13.1 Å². The number of aliphatic hydroxyl groups is 1. The van der Waals surface area contributed by atoms with E-state index in [0.717, 1.165) is 0 Å². The SMILES string of the molecule is CC(C)C(CCO)NS(=O)(=O)CCCC#N. The van der Waals surface area contributed by atoms with Gasteiger partial charge in [0.25, 0.3) is 0 Å². The van der Waals surface area contributed by atoms with Gasteiger partial charge in [-0.05, 0) is 18.8 Å². The predicted molar refractivity (Wildman–Crippen MR) is 62.1 cm³/mol. The second kappa shape index (κ2) is 7.60. The summed E-state index contributed by atoms with van der Waals surface area (Å²) in [5.41, 5.74) is 0. The fourth-order valence-electron chi connectivity index (χ4n) is 1.30. The molecule has 0 bridgehead atoms. The molecular formula is C10H20N2O3S. The molecule has 0 fully saturated rings. The first kappa shape index (κ1) is 15.4. The van der Waals surface area contributed by atoms with Crippen LogP contribution in [0.2, 0.25) is 0 Å². The van der Waals surface area contributed by atoms with Gasteiger partial charge in [0.05, 0.1) is 11.8 Å². The van der Waals surface area contributed by atoms with Crippen LogP contribution in [-0.4, -0.2) is 31.9 Å². The molecule has 6 heteroatoms. The Kier molecular flexibility index (Phi) is 7.30. The molecule has 0 amide bonds. The lowest BCUT2D eigenvalue weighted by molar-refractivity contribution is 0.256. The zero-order valence-corrected chi connectivity index (χ0v) is 10.6. The van der Waals surface area contributed by atoms with Gasteiger partial charge in [0.2, 0.25) is 10.0 Å². The Morgan fingerprint density at radius 1 is 1.44 bits per heavy atom. The summed E-state index contributed by atoms with van der Waals surface area (Å²) in [4.78, 5) is 0. The van der Waals surface area contributed by atoms with Gasteiger partial charge >= 0.3 is 0 Å². The van der Waals surface area contributed by atoms with Crippen LogP contribution in [0.1, 0.15) is 33.1 Å². The van der Waals surface area contributed by atoms with Crippen LogP contribution >= 0.6 is 0 Å². The zero-order chi connectivity index (χ0) is 12.6. The van der Waals surface area contributed by atoms with Crippen LogP contribution in [0.5, 0.6) is 0 Å². The van der Waals surface area contributed by atoms with Gasteiger partial charge < -0.3 is 5.11 Å². The van der Waals surface area contributed by atoms with Crippen molar-refractivity contribution in [2.45, 2.75) is 39.2 Å². The van der Waals surface area contributed by atoms with E-state index >= 15 is 0 Å². The maximum Gasteiger partial charge on any atom is 0.211 e. The van der Waals surface area contributed by atoms with E-state index in [1.165, 1.54) is 0 Å². The molecule has 5 nitrogen and oxygen atoms in total. The van der Waals surface area contributed by atoms with E-state index < -0.39 is 10.0 Å². The van der Waals surface area contributed by atoms with Crippen LogP contribution in [0.25, 0.3) is 0 Å². The van der Waals surface area contributed by atoms with Gasteiger partial charge in [-0.2, -0.15) is 5.26 Å². The molecule has 0 aliphatic carbocycles. The number of unbranched alkanes of at least 4 members (excludes halogenated alkanes) is 1. The van der Waals surface area contributed by atoms with Crippen molar-refractivity contribution < 1.29 is 13.5 Å². The highest BCUT2D eigenvalue weighted by molar-refractivity contribution is 7.89. The molecule has 0 rings (SSSR count). The smallest absolute Gasteiger partial charge is 0.211 e. The number of rotatable bonds is 8. The van der Waals surface area contributed by atoms with E-state index in [4.69, 9.17) is 10.4 Å². The fraction of sp³-hybridized carbons (Fsp3) is 0.900. The molecule has 0 heterocycles. The third-order valence-electron chi connectivity index (χ3n) is 2.28. The van der Waals surface area contributed by atoms with Gasteiger partial charge in [0.15, 0.2) is 0 Å². The molecule has 0 aliphatic heterocycles. The second-order valence-corrected chi connectivity index (χ2v) is 5.93. The quantitative estimate of drug-likeness (QED) is 0.616. The molecule has 1 atom stereocenters. The first-order valence-corrected chi connectivity index (χ1v) is 7.06. The van der Waals surface area contributed by atoms with Crippen LogP contribution in [-0.2, 0) is 10.0 Å². The number of nitriles is 1. The van der Waals surface area contributed by atoms with E-state index in [2.05, 4.69) is 4.72 Å². The van der Waals surface area contributed by atoms with Crippen LogP contribution in [0, 0.1) is 17.2 Å². The monoisotopic (exact) mass is 248 g/mol. The minimum absolute atomic E-state index is 0.0325. The number of hydrogen-bond acceptors (Lipinski definition) is 4. The van der Waals surface area contributed by atoms with Crippen molar-refractivity contribution >= 4 is 10.0 Å². The standard InChI is InChI=1S/C10H20N2O3S/c1-9(2)10(5-7-13)12-16(14,15)8-4-3-6-11/h9-10,12-13H,3-5,7-8H2,1-2H3. The maximum absolute atomic E-state index is 11.6. The van der Waals surface area contributed by atoms with Crippen molar-refractivity contribution in [1.29, 1.82) is 5.26 Å². The molecule has 2 N–H and O–H groups in total. The van der Waals surface area contributed by atoms with Gasteiger partial charge in [0, 0.05) is 19.1 Å². The van der Waals surface area contributed by atoms with Crippen molar-refractivity contribution in [3.63, 3.8) is 0 Å². The normalized spacial score (nSPS) is 13.7. The van der Waals surface area contributed by atoms with E-state index in [1.54, 1.807) is 0 Å². The first-order chi connectivity index (χ1) is 7.43. The Balaban J connectivity index is 4.26. The van der Waals surface area contributed by atoms with Crippen molar-refractivity contribution in [2.24, 2.45) is 5.92 Å². The summed E-state index contributed by atoms with van der Waals surface area (Å²) in [6.45, 7) is 3.76. The third-order valence-corrected chi connectivity index (χ3v) is 3.77. The highest BCUT2D eigenvalue weighted by atomic mass is 32.2. The number of aliphatic hydroxyl groups excluding tert-OH is 1. The Labute approximate surface area is 97.5 Å². The topological polar surface area (TPSA) is 90.2 Å². The maximum atomic E-state index is 11.6. The Hall–Kier alpha value is -0.640. The lowest BCUT2D eigenvalue weighted by Gasteiger charge is -2.21. The number of nitrogens with zero attached hydrogens (tertiary/aromatic N) is 1. The van der Waals surface area contributed by atoms with E-state index in [0.29, 0.717) is 12.8 Å². The molecule has 0 radical (unpaired) electrons. The fourth-order valence-corrected chi connectivity index (χ4v) is 2.79. The van der Waals surface area contributed by atoms with Crippen LogP contribution in [0.3, 0.4) is 0 Å². The largest absolute Gasteiger partial charge is 0.396 e. The third kappa shape index (κ3) is 6.77. The molecule has 0 saturated carbocycles. The van der Waals surface area contributed by atoms with Gasteiger partial charge in [-0.1, -0.05) is 13.8 Å². The molecule has 94 valence electrons. The highest BCUT2D eigenvalue weighted by Crippen LogP contribution is 2.08. The summed E-state index contributed by atoms with van der Waals surface area (Å²) < 4.78 is 25.7. The Morgan fingerprint density at radius 2 is 2.06 bits per heavy atom. The lowest BCUT2D eigenvalue weighted by Crippen LogP contribution is -2.40. The van der Waals surface area contributed by atoms with Gasteiger partial charge in [-0.15, -0.1) is 0 Å². The summed E-state index contributed by atoms with van der Waals surface area (Å²) >= 11 is 0. The van der Waals surface area contributed by atoms with Gasteiger partial charge in [0.1, 0.15) is 0 Å². The summed E-state index contributed by atoms with van der Waals surface area (Å²) in [6, 6.07) is 1.67. The van der Waals surface area contributed by atoms with E-state index in [-0.39, 0.29) is 30.7 Å². The summed E-state index contributed by atoms with van der Waals surface area (Å²) in [7, 11) is -3.33. The zero-order valence-electron chi connectivity index (χ0n) is 9.81. The molecule has 1 unspecified atom stereocenters. The van der Waals surface area contributed by atoms with E-state index in [1.807, 2.05) is 19.9 Å². The predicted octanol–water partition coefficient (Wildman–Crippen LogP) is 0.617. The van der Waals surface area contributed by atoms with Crippen LogP contribution in [0.15, 0.2) is 0 Å². The molecule has 0 aliphatic rings. The highest BCUT2D eigenvalue weighted by Gasteiger charge is 2.19. The summed E-state index contributed by atoms with van der Waals surface area (Å²) in [6.07, 6.45) is 0.998. The van der Waals surface area contributed by atoms with E-state index in [9.17, 15) is 8.42 Å². The summed E-state index contributed by atoms with van der Waals surface area (Å²) in [5.74, 6) is 0.104. The van der Waals surface area contributed by atoms with Crippen LogP contribution < -0.4 is 4.72 Å². The molecule has 0 aromatic carbocycles. The average Bonchev–Trinajstić information content (AvgIpc) is 2.17. The minimum Gasteiger partial charge on any atom is -0.396 e. The first-order valence-electron chi connectivity index (χ1n) is 5.40. The second-order valence-electron chi connectivity index (χ2n) is 4.06. The van der Waals surface area contributed by atoms with Crippen LogP contribution in [0.4, 0.5) is 0 Å². The molecule has 0 aromatic heterocycles. The molecule has 16 heavy (non-hydrogen) atoms. The van der Waals surface area contributed by atoms with Crippen molar-refractivity contribution in [3.8, 4) is 6.07 Å². The average molecular weight is 248 g/mol. The van der Waals surface area contributed by atoms with Crippen molar-refractivity contribution in [3.05, 3.63) is 0 Å². The molecule has 0 aromatic rings. The Morgan fingerprint density at radius 3 is 2.50 bits per heavy atom. The number of hydrogen-bond donors (Lipinski definition) is 2. The van der Waals surface area contributed by atoms with Crippen molar-refractivity contribution in [1.82, 2.24) is 4.72 Å². The minimum atomic E-state index is -3.33. The molecule has 0 saturated heterocycles. The lowest BCUT2D eigenvalue weighted by atomic mass is 10.0. The molecule has 0 spiro atoms.